The molecule has 1 aliphatic rings. The molecular weight excluding hydrogens is 543 g/mol. The maximum atomic E-state index is 15.0. The van der Waals surface area contributed by atoms with Gasteiger partial charge >= 0.3 is 23.9 Å². The first kappa shape index (κ1) is 33.0. The fraction of sp³-hybridized carbons (Fsp3) is 0.556. The number of esters is 3. The van der Waals surface area contributed by atoms with Crippen LogP contribution in [0.15, 0.2) is 11.6 Å². The van der Waals surface area contributed by atoms with Crippen LogP contribution in [0, 0.1) is 6.92 Å². The first-order valence-corrected chi connectivity index (χ1v) is 14.8. The van der Waals surface area contributed by atoms with E-state index in [0.717, 1.165) is 5.57 Å². The molecule has 0 unspecified atom stereocenters. The lowest BCUT2D eigenvalue weighted by Gasteiger charge is -2.30. The second kappa shape index (κ2) is 14.4. The van der Waals surface area contributed by atoms with E-state index < -0.39 is 43.4 Å². The highest BCUT2D eigenvalue weighted by atomic mass is 31.2. The van der Waals surface area contributed by atoms with Crippen LogP contribution in [0.5, 0.6) is 5.75 Å². The van der Waals surface area contributed by atoms with Gasteiger partial charge in [-0.3, -0.25) is 18.9 Å². The van der Waals surface area contributed by atoms with Crippen LogP contribution < -0.4 is 20.2 Å². The lowest BCUT2D eigenvalue weighted by atomic mass is 9.96. The third kappa shape index (κ3) is 7.71. The number of hydrogen-bond donors (Lipinski definition) is 3. The van der Waals surface area contributed by atoms with E-state index in [1.165, 1.54) is 21.0 Å². The zero-order valence-corrected chi connectivity index (χ0v) is 24.9. The number of carbonyl (C=O) groups excluding carboxylic acids is 3. The van der Waals surface area contributed by atoms with Crippen molar-refractivity contribution in [3.05, 3.63) is 33.9 Å². The molecule has 0 fully saturated rings. The quantitative estimate of drug-likeness (QED) is 0.120. The molecule has 0 aliphatic carbocycles. The fourth-order valence-corrected chi connectivity index (χ4v) is 7.16. The summed E-state index contributed by atoms with van der Waals surface area (Å²) in [6, 6.07) is -2.21. The number of carboxylic acids is 1. The lowest BCUT2D eigenvalue weighted by molar-refractivity contribution is -0.145. The second-order valence-electron chi connectivity index (χ2n) is 9.38. The minimum absolute atomic E-state index is 0.0158. The van der Waals surface area contributed by atoms with E-state index in [9.17, 15) is 19.2 Å². The molecule has 0 aromatic heterocycles. The molecular formula is C27H39N2O10P. The number of allylic oxidation sites excluding steroid dienone is 2. The topological polar surface area (TPSA) is 167 Å². The van der Waals surface area contributed by atoms with Gasteiger partial charge in [0.2, 0.25) is 7.44 Å². The van der Waals surface area contributed by atoms with Crippen molar-refractivity contribution < 1.29 is 47.8 Å². The number of carbonyl (C=O) groups is 4. The van der Waals surface area contributed by atoms with E-state index in [2.05, 4.69) is 10.2 Å². The Balaban J connectivity index is 2.84. The van der Waals surface area contributed by atoms with Crippen molar-refractivity contribution in [2.75, 3.05) is 20.3 Å². The second-order valence-corrected chi connectivity index (χ2v) is 11.6. The van der Waals surface area contributed by atoms with Crippen LogP contribution in [0.3, 0.4) is 0 Å². The number of ether oxygens (including phenoxy) is 4. The third-order valence-electron chi connectivity index (χ3n) is 6.38. The molecule has 40 heavy (non-hydrogen) atoms. The van der Waals surface area contributed by atoms with Crippen LogP contribution in [-0.4, -0.2) is 61.4 Å². The molecule has 2 rings (SSSR count). The van der Waals surface area contributed by atoms with Crippen LogP contribution in [0.4, 0.5) is 0 Å². The van der Waals surface area contributed by atoms with E-state index >= 15 is 4.57 Å². The van der Waals surface area contributed by atoms with Gasteiger partial charge in [-0.25, -0.2) is 15.0 Å². The van der Waals surface area contributed by atoms with Crippen molar-refractivity contribution in [1.29, 1.82) is 0 Å². The zero-order valence-electron chi connectivity index (χ0n) is 24.0. The minimum Gasteiger partial charge on any atom is -0.496 e. The number of rotatable bonds is 15. The maximum Gasteiger partial charge on any atom is 0.339 e. The summed E-state index contributed by atoms with van der Waals surface area (Å²) in [6.45, 7) is 9.82. The van der Waals surface area contributed by atoms with Crippen molar-refractivity contribution in [3.8, 4) is 5.75 Å². The smallest absolute Gasteiger partial charge is 0.339 e. The normalized spacial score (nSPS) is 14.7. The molecule has 2 atom stereocenters. The molecule has 0 saturated heterocycles. The Labute approximate surface area is 234 Å². The van der Waals surface area contributed by atoms with Gasteiger partial charge in [0.05, 0.1) is 31.2 Å². The molecule has 222 valence electrons. The van der Waals surface area contributed by atoms with Crippen molar-refractivity contribution in [2.24, 2.45) is 0 Å². The largest absolute Gasteiger partial charge is 0.496 e. The number of cyclic esters (lactones) is 1. The highest BCUT2D eigenvalue weighted by Crippen LogP contribution is 2.46. The Morgan fingerprint density at radius 1 is 1.07 bits per heavy atom. The number of fused-ring (bicyclic) bond motifs is 1. The van der Waals surface area contributed by atoms with E-state index in [4.69, 9.17) is 24.1 Å². The molecule has 1 aromatic carbocycles. The Bertz CT molecular complexity index is 1200. The predicted molar refractivity (Wildman–Crippen MR) is 147 cm³/mol. The van der Waals surface area contributed by atoms with Gasteiger partial charge in [-0.15, -0.1) is 0 Å². The minimum atomic E-state index is -4.21. The first-order valence-electron chi connectivity index (χ1n) is 13.1. The van der Waals surface area contributed by atoms with Gasteiger partial charge in [0, 0.05) is 17.5 Å². The average molecular weight is 583 g/mol. The summed E-state index contributed by atoms with van der Waals surface area (Å²) in [7, 11) is -2.77. The highest BCUT2D eigenvalue weighted by molar-refractivity contribution is 7.68. The van der Waals surface area contributed by atoms with Gasteiger partial charge < -0.3 is 24.1 Å². The number of methoxy groups -OCH3 is 1. The van der Waals surface area contributed by atoms with Gasteiger partial charge in [0.1, 0.15) is 24.4 Å². The van der Waals surface area contributed by atoms with Crippen molar-refractivity contribution in [3.63, 3.8) is 0 Å². The molecule has 13 heteroatoms. The van der Waals surface area contributed by atoms with Crippen LogP contribution in [-0.2, 0) is 46.2 Å². The molecule has 0 saturated carbocycles. The molecule has 1 heterocycles. The maximum absolute atomic E-state index is 15.0. The van der Waals surface area contributed by atoms with Gasteiger partial charge in [-0.05, 0) is 59.9 Å². The average Bonchev–Trinajstić information content (AvgIpc) is 3.27. The van der Waals surface area contributed by atoms with Crippen molar-refractivity contribution in [1.82, 2.24) is 10.2 Å². The van der Waals surface area contributed by atoms with Crippen LogP contribution in [0.25, 0.3) is 0 Å². The Kier molecular flexibility index (Phi) is 11.9. The summed E-state index contributed by atoms with van der Waals surface area (Å²) >= 11 is 0. The van der Waals surface area contributed by atoms with Crippen molar-refractivity contribution >= 4 is 36.6 Å². The number of aliphatic carboxylic acids is 1. The zero-order chi connectivity index (χ0) is 30.2. The SMILES string of the molecule is CCOC(=O)[C@H](C)NP(=O)(N[C@@H](C)C(=O)OCC)c1c(C/C=C(\C)CCC(=O)O)c(OC)c(C)c2c1C(=O)OC2. The molecule has 1 aromatic rings. The number of benzene rings is 1. The van der Waals surface area contributed by atoms with E-state index in [0.29, 0.717) is 22.4 Å². The van der Waals surface area contributed by atoms with Gasteiger partial charge in [-0.2, -0.15) is 0 Å². The first-order chi connectivity index (χ1) is 18.8. The molecule has 12 nitrogen and oxygen atoms in total. The van der Waals surface area contributed by atoms with Crippen LogP contribution in [0.1, 0.15) is 74.5 Å². The van der Waals surface area contributed by atoms with Crippen LogP contribution in [0.2, 0.25) is 0 Å². The number of nitrogens with one attached hydrogen (secondary N) is 2. The van der Waals surface area contributed by atoms with Crippen LogP contribution >= 0.6 is 7.44 Å². The fourth-order valence-electron chi connectivity index (χ4n) is 4.41. The monoisotopic (exact) mass is 582 g/mol. The Hall–Kier alpha value is -3.21. The lowest BCUT2D eigenvalue weighted by Crippen LogP contribution is -2.46. The predicted octanol–water partition coefficient (Wildman–Crippen LogP) is 2.93. The number of hydrogen-bond acceptors (Lipinski definition) is 9. The Morgan fingerprint density at radius 3 is 2.10 bits per heavy atom. The third-order valence-corrected chi connectivity index (χ3v) is 9.01. The molecule has 3 N–H and O–H groups in total. The highest BCUT2D eigenvalue weighted by Gasteiger charge is 2.43. The summed E-state index contributed by atoms with van der Waals surface area (Å²) in [4.78, 5) is 49.3. The summed E-state index contributed by atoms with van der Waals surface area (Å²) in [6.07, 6.45) is 2.09. The summed E-state index contributed by atoms with van der Waals surface area (Å²) in [5.41, 5.74) is 2.26. The standard InChI is InChI=1S/C27H39N2O10P/c1-8-37-25(32)17(5)28-40(35,29-18(6)26(33)38-9-2)24-19(12-10-15(3)11-13-21(30)31)23(36-7)16(4)20-14-39-27(34)22(20)24/h10,17-18H,8-9,11-14H2,1-7H3,(H,30,31)(H2,28,29,35)/b15-10+/t17-,18-/m0/s1. The van der Waals surface area contributed by atoms with E-state index in [1.807, 2.05) is 0 Å². The molecule has 0 bridgehead atoms. The molecule has 0 radical (unpaired) electrons. The summed E-state index contributed by atoms with van der Waals surface area (Å²) in [5, 5.41) is 14.7. The van der Waals surface area contributed by atoms with Crippen molar-refractivity contribution in [2.45, 2.75) is 79.5 Å². The molecule has 1 aliphatic heterocycles. The van der Waals surface area contributed by atoms with Gasteiger partial charge in [0.15, 0.2) is 0 Å². The summed E-state index contributed by atoms with van der Waals surface area (Å²) < 4.78 is 36.3. The molecule has 0 amide bonds. The summed E-state index contributed by atoms with van der Waals surface area (Å²) in [5.74, 6) is -2.66. The van der Waals surface area contributed by atoms with E-state index in [-0.39, 0.29) is 50.0 Å². The van der Waals surface area contributed by atoms with Gasteiger partial charge in [0.25, 0.3) is 0 Å². The van der Waals surface area contributed by atoms with E-state index in [1.54, 1.807) is 33.8 Å². The van der Waals surface area contributed by atoms with Gasteiger partial charge in [-0.1, -0.05) is 11.6 Å². The Morgan fingerprint density at radius 2 is 1.62 bits per heavy atom. The number of carboxylic acid groups (broad SMARTS) is 1. The molecule has 0 spiro atoms.